The highest BCUT2D eigenvalue weighted by Crippen LogP contribution is 2.19. The van der Waals surface area contributed by atoms with Crippen molar-refractivity contribution >= 4 is 0 Å². The van der Waals surface area contributed by atoms with E-state index >= 15 is 0 Å². The van der Waals surface area contributed by atoms with Crippen molar-refractivity contribution in [3.05, 3.63) is 24.0 Å². The fraction of sp³-hybridized carbons (Fsp3) is 0.429. The van der Waals surface area contributed by atoms with Crippen molar-refractivity contribution in [1.82, 2.24) is 10.2 Å². The number of nitrogens with zero attached hydrogens (tertiary/aromatic N) is 2. The Balaban J connectivity index is 2.08. The van der Waals surface area contributed by atoms with Crippen LogP contribution < -0.4 is 0 Å². The lowest BCUT2D eigenvalue weighted by molar-refractivity contribution is -0.303. The van der Waals surface area contributed by atoms with E-state index in [4.69, 9.17) is 14.2 Å². The van der Waals surface area contributed by atoms with Gasteiger partial charge >= 0.3 is 0 Å². The molecule has 1 aromatic rings. The zero-order valence-electron chi connectivity index (χ0n) is 6.34. The van der Waals surface area contributed by atoms with E-state index in [1.807, 2.05) is 0 Å². The van der Waals surface area contributed by atoms with Crippen molar-refractivity contribution in [2.75, 3.05) is 13.6 Å². The molecular formula is C7H8N2O3. The summed E-state index contributed by atoms with van der Waals surface area (Å²) in [5.74, 6) is 0. The summed E-state index contributed by atoms with van der Waals surface area (Å²) in [5, 5.41) is 7.36. The van der Waals surface area contributed by atoms with Crippen molar-refractivity contribution in [3.63, 3.8) is 0 Å². The van der Waals surface area contributed by atoms with Gasteiger partial charge in [-0.25, -0.2) is 0 Å². The maximum atomic E-state index is 5.15. The molecule has 0 spiro atoms. The fourth-order valence-electron chi connectivity index (χ4n) is 0.935. The molecule has 1 aromatic heterocycles. The molecule has 0 aromatic carbocycles. The van der Waals surface area contributed by atoms with Gasteiger partial charge in [0.2, 0.25) is 0 Å². The predicted octanol–water partition coefficient (Wildman–Crippen LogP) is 0.454. The number of ether oxygens (including phenoxy) is 3. The van der Waals surface area contributed by atoms with Crippen LogP contribution in [-0.4, -0.2) is 23.8 Å². The Bertz CT molecular complexity index is 236. The van der Waals surface area contributed by atoms with E-state index in [9.17, 15) is 0 Å². The molecule has 2 heterocycles. The van der Waals surface area contributed by atoms with Gasteiger partial charge < -0.3 is 14.2 Å². The SMILES string of the molecule is c1cc(C2OCOCO2)cnn1. The number of hydrogen-bond acceptors (Lipinski definition) is 5. The number of hydrogen-bond donors (Lipinski definition) is 0. The average molecular weight is 168 g/mol. The first kappa shape index (κ1) is 7.60. The van der Waals surface area contributed by atoms with Gasteiger partial charge in [-0.1, -0.05) is 0 Å². The Labute approximate surface area is 69.3 Å². The molecule has 1 saturated heterocycles. The molecule has 5 heteroatoms. The second-order valence-corrected chi connectivity index (χ2v) is 2.28. The van der Waals surface area contributed by atoms with E-state index < -0.39 is 0 Å². The van der Waals surface area contributed by atoms with Crippen molar-refractivity contribution < 1.29 is 14.2 Å². The molecule has 0 saturated carbocycles. The van der Waals surface area contributed by atoms with Gasteiger partial charge in [0.15, 0.2) is 19.9 Å². The topological polar surface area (TPSA) is 53.5 Å². The molecule has 5 nitrogen and oxygen atoms in total. The van der Waals surface area contributed by atoms with Crippen molar-refractivity contribution in [3.8, 4) is 0 Å². The number of rotatable bonds is 1. The highest BCUT2D eigenvalue weighted by atomic mass is 16.8. The molecule has 12 heavy (non-hydrogen) atoms. The van der Waals surface area contributed by atoms with Gasteiger partial charge in [0.25, 0.3) is 0 Å². The van der Waals surface area contributed by atoms with Crippen LogP contribution in [0.25, 0.3) is 0 Å². The van der Waals surface area contributed by atoms with Crippen LogP contribution in [-0.2, 0) is 14.2 Å². The predicted molar refractivity (Wildman–Crippen MR) is 37.8 cm³/mol. The molecule has 1 aliphatic heterocycles. The minimum atomic E-state index is -0.366. The quantitative estimate of drug-likeness (QED) is 0.609. The lowest BCUT2D eigenvalue weighted by atomic mass is 10.3. The van der Waals surface area contributed by atoms with Gasteiger partial charge in [0.1, 0.15) is 0 Å². The minimum Gasteiger partial charge on any atom is -0.329 e. The van der Waals surface area contributed by atoms with Crippen LogP contribution in [0.1, 0.15) is 11.9 Å². The molecule has 0 N–H and O–H groups in total. The molecule has 0 aliphatic carbocycles. The van der Waals surface area contributed by atoms with Gasteiger partial charge in [-0.2, -0.15) is 10.2 Å². The summed E-state index contributed by atoms with van der Waals surface area (Å²) in [6, 6.07) is 1.79. The third-order valence-electron chi connectivity index (χ3n) is 1.48. The van der Waals surface area contributed by atoms with E-state index in [0.29, 0.717) is 0 Å². The monoisotopic (exact) mass is 168 g/mol. The zero-order chi connectivity index (χ0) is 8.23. The molecule has 64 valence electrons. The molecule has 1 aliphatic rings. The van der Waals surface area contributed by atoms with Gasteiger partial charge in [0.05, 0.1) is 12.4 Å². The average Bonchev–Trinajstić information content (AvgIpc) is 2.21. The first-order chi connectivity index (χ1) is 5.97. The Morgan fingerprint density at radius 3 is 2.75 bits per heavy atom. The summed E-state index contributed by atoms with van der Waals surface area (Å²) in [5.41, 5.74) is 0.855. The van der Waals surface area contributed by atoms with Crippen LogP contribution in [0.4, 0.5) is 0 Å². The van der Waals surface area contributed by atoms with E-state index in [-0.39, 0.29) is 19.9 Å². The van der Waals surface area contributed by atoms with E-state index in [0.717, 1.165) is 5.56 Å². The highest BCUT2D eigenvalue weighted by Gasteiger charge is 2.16. The van der Waals surface area contributed by atoms with Gasteiger partial charge in [0, 0.05) is 5.56 Å². The summed E-state index contributed by atoms with van der Waals surface area (Å²) < 4.78 is 15.1. The van der Waals surface area contributed by atoms with E-state index in [1.165, 1.54) is 0 Å². The summed E-state index contributed by atoms with van der Waals surface area (Å²) in [6.45, 7) is 0.514. The summed E-state index contributed by atoms with van der Waals surface area (Å²) in [4.78, 5) is 0. The van der Waals surface area contributed by atoms with Crippen LogP contribution in [0.2, 0.25) is 0 Å². The third kappa shape index (κ3) is 1.58. The normalized spacial score (nSPS) is 19.3. The Kier molecular flexibility index (Phi) is 2.26. The van der Waals surface area contributed by atoms with E-state index in [1.54, 1.807) is 18.5 Å². The smallest absolute Gasteiger partial charge is 0.190 e. The molecule has 0 amide bonds. The Morgan fingerprint density at radius 2 is 2.08 bits per heavy atom. The second-order valence-electron chi connectivity index (χ2n) is 2.28. The lowest BCUT2D eigenvalue weighted by Gasteiger charge is -2.22. The second kappa shape index (κ2) is 3.57. The lowest BCUT2D eigenvalue weighted by Crippen LogP contribution is -2.20. The highest BCUT2D eigenvalue weighted by molar-refractivity contribution is 5.06. The van der Waals surface area contributed by atoms with Crippen molar-refractivity contribution in [2.45, 2.75) is 6.29 Å². The number of aromatic nitrogens is 2. The van der Waals surface area contributed by atoms with Crippen LogP contribution in [0.3, 0.4) is 0 Å². The van der Waals surface area contributed by atoms with Gasteiger partial charge in [-0.3, -0.25) is 0 Å². The van der Waals surface area contributed by atoms with Crippen LogP contribution in [0.15, 0.2) is 18.5 Å². The van der Waals surface area contributed by atoms with E-state index in [2.05, 4.69) is 10.2 Å². The fourth-order valence-corrected chi connectivity index (χ4v) is 0.935. The third-order valence-corrected chi connectivity index (χ3v) is 1.48. The molecule has 0 bridgehead atoms. The van der Waals surface area contributed by atoms with Gasteiger partial charge in [-0.05, 0) is 6.07 Å². The van der Waals surface area contributed by atoms with Crippen molar-refractivity contribution in [1.29, 1.82) is 0 Å². The minimum absolute atomic E-state index is 0.257. The largest absolute Gasteiger partial charge is 0.329 e. The summed E-state index contributed by atoms with van der Waals surface area (Å²) >= 11 is 0. The zero-order valence-corrected chi connectivity index (χ0v) is 6.34. The van der Waals surface area contributed by atoms with Crippen LogP contribution in [0.5, 0.6) is 0 Å². The molecule has 0 unspecified atom stereocenters. The first-order valence-electron chi connectivity index (χ1n) is 3.54. The maximum Gasteiger partial charge on any atom is 0.190 e. The van der Waals surface area contributed by atoms with Crippen LogP contribution >= 0.6 is 0 Å². The molecule has 0 radical (unpaired) electrons. The maximum absolute atomic E-state index is 5.15. The Hall–Kier alpha value is -1.04. The van der Waals surface area contributed by atoms with Crippen LogP contribution in [0, 0.1) is 0 Å². The standard InChI is InChI=1S/C7H8N2O3/c1-2-8-9-3-6(1)7-11-4-10-5-12-7/h1-3,7H,4-5H2. The first-order valence-corrected chi connectivity index (χ1v) is 3.54. The van der Waals surface area contributed by atoms with Gasteiger partial charge in [-0.15, -0.1) is 0 Å². The molecular weight excluding hydrogens is 160 g/mol. The molecule has 1 fully saturated rings. The van der Waals surface area contributed by atoms with Crippen molar-refractivity contribution in [2.24, 2.45) is 0 Å². The molecule has 2 rings (SSSR count). The summed E-state index contributed by atoms with van der Waals surface area (Å²) in [6.07, 6.45) is 2.84. The molecule has 0 atom stereocenters. The Morgan fingerprint density at radius 1 is 1.25 bits per heavy atom. The summed E-state index contributed by atoms with van der Waals surface area (Å²) in [7, 11) is 0.